The molecular weight excluding hydrogens is 388 g/mol. The summed E-state index contributed by atoms with van der Waals surface area (Å²) in [6.45, 7) is 18.3. The molecule has 0 N–H and O–H groups in total. The number of hydrogen-bond donors (Lipinski definition) is 0. The van der Waals surface area contributed by atoms with Crippen LogP contribution < -0.4 is 0 Å². The third kappa shape index (κ3) is 4.81. The van der Waals surface area contributed by atoms with Crippen LogP contribution in [0.1, 0.15) is 61.3 Å². The van der Waals surface area contributed by atoms with Gasteiger partial charge in [0, 0.05) is 38.6 Å². The van der Waals surface area contributed by atoms with Crippen molar-refractivity contribution in [2.75, 3.05) is 33.0 Å². The first-order valence-electron chi connectivity index (χ1n) is 11.1. The highest BCUT2D eigenvalue weighted by atomic mass is 16.8. The standard InChI is InChI=1S/C23H40O7/c1-9-16-21(25-10-2)17-15-19(30-20(24)18(7)8)22(26-11-3,27-12-4)23(21,28-13-5)29-14-6/h15,17,19H,7,9-14,16H2,1-6,8H3. The van der Waals surface area contributed by atoms with Gasteiger partial charge in [-0.2, -0.15) is 0 Å². The predicted molar refractivity (Wildman–Crippen MR) is 115 cm³/mol. The van der Waals surface area contributed by atoms with Crippen molar-refractivity contribution < 1.29 is 33.2 Å². The van der Waals surface area contributed by atoms with Crippen molar-refractivity contribution >= 4 is 5.97 Å². The number of esters is 1. The fourth-order valence-electron chi connectivity index (χ4n) is 4.10. The highest BCUT2D eigenvalue weighted by molar-refractivity contribution is 5.87. The van der Waals surface area contributed by atoms with Crippen LogP contribution in [0.3, 0.4) is 0 Å². The Hall–Kier alpha value is -1.25. The van der Waals surface area contributed by atoms with Gasteiger partial charge < -0.3 is 28.4 Å². The van der Waals surface area contributed by atoms with Crippen LogP contribution in [0.2, 0.25) is 0 Å². The first kappa shape index (κ1) is 26.8. The minimum Gasteiger partial charge on any atom is -0.449 e. The van der Waals surface area contributed by atoms with E-state index in [-0.39, 0.29) is 18.8 Å². The summed E-state index contributed by atoms with van der Waals surface area (Å²) in [6, 6.07) is 0. The molecule has 0 amide bonds. The molecule has 0 fully saturated rings. The Balaban J connectivity index is 3.88. The molecule has 7 heteroatoms. The average Bonchev–Trinajstić information content (AvgIpc) is 2.69. The van der Waals surface area contributed by atoms with Gasteiger partial charge in [0.05, 0.1) is 0 Å². The summed E-state index contributed by atoms with van der Waals surface area (Å²) >= 11 is 0. The molecule has 1 aliphatic carbocycles. The molecule has 1 rings (SSSR count). The number of carbonyl (C=O) groups excluding carboxylic acids is 1. The molecule has 0 aromatic heterocycles. The summed E-state index contributed by atoms with van der Waals surface area (Å²) < 4.78 is 37.4. The Labute approximate surface area is 181 Å². The van der Waals surface area contributed by atoms with Crippen molar-refractivity contribution in [1.82, 2.24) is 0 Å². The number of hydrogen-bond acceptors (Lipinski definition) is 7. The molecule has 2 atom stereocenters. The monoisotopic (exact) mass is 428 g/mol. The molecule has 1 aliphatic rings. The van der Waals surface area contributed by atoms with Gasteiger partial charge in [-0.3, -0.25) is 0 Å². The second kappa shape index (κ2) is 12.0. The maximum Gasteiger partial charge on any atom is 0.333 e. The summed E-state index contributed by atoms with van der Waals surface area (Å²) in [7, 11) is 0. The molecule has 0 aromatic carbocycles. The zero-order chi connectivity index (χ0) is 22.8. The van der Waals surface area contributed by atoms with Gasteiger partial charge in [-0.15, -0.1) is 0 Å². The lowest BCUT2D eigenvalue weighted by molar-refractivity contribution is -0.464. The van der Waals surface area contributed by atoms with Gasteiger partial charge in [0.25, 0.3) is 11.6 Å². The fraction of sp³-hybridized carbons (Fsp3) is 0.783. The fourth-order valence-corrected chi connectivity index (χ4v) is 4.10. The molecule has 30 heavy (non-hydrogen) atoms. The molecule has 7 nitrogen and oxygen atoms in total. The van der Waals surface area contributed by atoms with E-state index in [0.29, 0.717) is 26.2 Å². The van der Waals surface area contributed by atoms with Crippen LogP contribution in [-0.2, 0) is 33.2 Å². The van der Waals surface area contributed by atoms with Crippen molar-refractivity contribution in [3.63, 3.8) is 0 Å². The Bertz CT molecular complexity index is 566. The lowest BCUT2D eigenvalue weighted by atomic mass is 9.74. The first-order chi connectivity index (χ1) is 14.3. The lowest BCUT2D eigenvalue weighted by Crippen LogP contribution is -2.78. The van der Waals surface area contributed by atoms with E-state index in [1.165, 1.54) is 0 Å². The van der Waals surface area contributed by atoms with Gasteiger partial charge >= 0.3 is 5.97 Å². The van der Waals surface area contributed by atoms with Crippen molar-refractivity contribution in [3.8, 4) is 0 Å². The number of ether oxygens (including phenoxy) is 6. The van der Waals surface area contributed by atoms with Crippen LogP contribution in [0.25, 0.3) is 0 Å². The van der Waals surface area contributed by atoms with Gasteiger partial charge in [0.2, 0.25) is 0 Å². The molecule has 0 spiro atoms. The van der Waals surface area contributed by atoms with Crippen LogP contribution in [0, 0.1) is 0 Å². The SMILES string of the molecule is C=C(C)C(=O)OC1C=CC(CCC)(OCC)C(OCC)(OCC)C1(OCC)OCC. The molecule has 0 heterocycles. The Morgan fingerprint density at radius 3 is 1.77 bits per heavy atom. The number of carbonyl (C=O) groups is 1. The predicted octanol–water partition coefficient (Wildman–Crippen LogP) is 4.16. The summed E-state index contributed by atoms with van der Waals surface area (Å²) in [5.41, 5.74) is -0.724. The van der Waals surface area contributed by atoms with Crippen molar-refractivity contribution in [3.05, 3.63) is 24.3 Å². The molecular formula is C23H40O7. The highest BCUT2D eigenvalue weighted by Gasteiger charge is 2.73. The Morgan fingerprint density at radius 2 is 1.37 bits per heavy atom. The zero-order valence-corrected chi connectivity index (χ0v) is 19.7. The van der Waals surface area contributed by atoms with Crippen molar-refractivity contribution in [2.45, 2.75) is 84.6 Å². The second-order valence-electron chi connectivity index (χ2n) is 7.05. The van der Waals surface area contributed by atoms with Crippen LogP contribution in [0.4, 0.5) is 0 Å². The first-order valence-corrected chi connectivity index (χ1v) is 11.1. The largest absolute Gasteiger partial charge is 0.449 e. The van der Waals surface area contributed by atoms with Crippen LogP contribution in [-0.4, -0.2) is 62.3 Å². The Morgan fingerprint density at radius 1 is 0.867 bits per heavy atom. The summed E-state index contributed by atoms with van der Waals surface area (Å²) in [6.07, 6.45) is 4.10. The maximum absolute atomic E-state index is 12.5. The molecule has 0 bridgehead atoms. The van der Waals surface area contributed by atoms with Crippen LogP contribution >= 0.6 is 0 Å². The van der Waals surface area contributed by atoms with Gasteiger partial charge in [0.15, 0.2) is 6.10 Å². The van der Waals surface area contributed by atoms with E-state index in [9.17, 15) is 4.79 Å². The van der Waals surface area contributed by atoms with Crippen molar-refractivity contribution in [1.29, 1.82) is 0 Å². The third-order valence-corrected chi connectivity index (χ3v) is 4.95. The van der Waals surface area contributed by atoms with Crippen molar-refractivity contribution in [2.24, 2.45) is 0 Å². The minimum atomic E-state index is -1.58. The van der Waals surface area contributed by atoms with Gasteiger partial charge in [-0.05, 0) is 60.1 Å². The summed E-state index contributed by atoms with van der Waals surface area (Å²) in [5.74, 6) is -3.63. The second-order valence-corrected chi connectivity index (χ2v) is 7.05. The van der Waals surface area contributed by atoms with E-state index >= 15 is 0 Å². The molecule has 0 aliphatic heterocycles. The molecule has 2 unspecified atom stereocenters. The highest BCUT2D eigenvalue weighted by Crippen LogP contribution is 2.52. The zero-order valence-electron chi connectivity index (χ0n) is 19.7. The van der Waals surface area contributed by atoms with E-state index in [0.717, 1.165) is 6.42 Å². The average molecular weight is 429 g/mol. The third-order valence-electron chi connectivity index (χ3n) is 4.95. The van der Waals surface area contributed by atoms with E-state index in [1.54, 1.807) is 13.0 Å². The van der Waals surface area contributed by atoms with Gasteiger partial charge in [-0.25, -0.2) is 4.79 Å². The van der Waals surface area contributed by atoms with Crippen LogP contribution in [0.5, 0.6) is 0 Å². The summed E-state index contributed by atoms with van der Waals surface area (Å²) in [4.78, 5) is 12.5. The van der Waals surface area contributed by atoms with E-state index in [4.69, 9.17) is 28.4 Å². The smallest absolute Gasteiger partial charge is 0.333 e. The minimum absolute atomic E-state index is 0.277. The molecule has 174 valence electrons. The molecule has 0 radical (unpaired) electrons. The summed E-state index contributed by atoms with van der Waals surface area (Å²) in [5, 5.41) is 0. The normalized spacial score (nSPS) is 24.6. The maximum atomic E-state index is 12.5. The molecule has 0 saturated carbocycles. The van der Waals surface area contributed by atoms with E-state index in [2.05, 4.69) is 13.5 Å². The van der Waals surface area contributed by atoms with Crippen LogP contribution in [0.15, 0.2) is 24.3 Å². The van der Waals surface area contributed by atoms with Gasteiger partial charge in [-0.1, -0.05) is 19.9 Å². The Kier molecular flexibility index (Phi) is 10.7. The van der Waals surface area contributed by atoms with E-state index < -0.39 is 29.2 Å². The lowest BCUT2D eigenvalue weighted by Gasteiger charge is -2.59. The van der Waals surface area contributed by atoms with Gasteiger partial charge in [0.1, 0.15) is 5.60 Å². The quantitative estimate of drug-likeness (QED) is 0.178. The molecule has 0 saturated heterocycles. The topological polar surface area (TPSA) is 72.5 Å². The number of rotatable bonds is 14. The molecule has 0 aromatic rings. The van der Waals surface area contributed by atoms with E-state index in [1.807, 2.05) is 40.7 Å².